The van der Waals surface area contributed by atoms with Crippen molar-refractivity contribution in [1.29, 1.82) is 0 Å². The van der Waals surface area contributed by atoms with Crippen LogP contribution in [0.25, 0.3) is 17.1 Å². The number of amides is 1. The molecule has 0 unspecified atom stereocenters. The SMILES string of the molecule is Cc1ccc(NC(=O)/C=C/c2cnc3ccccc3n2)c(Cl)c1. The minimum absolute atomic E-state index is 0.272. The molecule has 1 heterocycles. The number of nitrogens with zero attached hydrogens (tertiary/aromatic N) is 2. The second-order valence-corrected chi connectivity index (χ2v) is 5.50. The number of carbonyl (C=O) groups is 1. The summed E-state index contributed by atoms with van der Waals surface area (Å²) >= 11 is 6.09. The van der Waals surface area contributed by atoms with E-state index in [1.54, 1.807) is 24.4 Å². The lowest BCUT2D eigenvalue weighted by Gasteiger charge is -2.05. The van der Waals surface area contributed by atoms with Gasteiger partial charge in [0.2, 0.25) is 5.91 Å². The highest BCUT2D eigenvalue weighted by molar-refractivity contribution is 6.33. The van der Waals surface area contributed by atoms with Crippen LogP contribution in [0.4, 0.5) is 5.69 Å². The fourth-order valence-corrected chi connectivity index (χ4v) is 2.39. The van der Waals surface area contributed by atoms with Crippen LogP contribution in [0, 0.1) is 6.92 Å². The summed E-state index contributed by atoms with van der Waals surface area (Å²) in [7, 11) is 0. The average molecular weight is 324 g/mol. The van der Waals surface area contributed by atoms with Crippen LogP contribution in [0.15, 0.2) is 54.7 Å². The maximum absolute atomic E-state index is 12.0. The molecular weight excluding hydrogens is 310 g/mol. The van der Waals surface area contributed by atoms with Gasteiger partial charge < -0.3 is 5.32 Å². The molecule has 0 fully saturated rings. The van der Waals surface area contributed by atoms with Gasteiger partial charge in [-0.05, 0) is 42.8 Å². The zero-order valence-electron chi connectivity index (χ0n) is 12.5. The number of anilines is 1. The predicted octanol–water partition coefficient (Wildman–Crippen LogP) is 4.24. The molecule has 0 atom stereocenters. The van der Waals surface area contributed by atoms with Crippen LogP contribution in [0.2, 0.25) is 5.02 Å². The van der Waals surface area contributed by atoms with Crippen LogP contribution in [0.3, 0.4) is 0 Å². The highest BCUT2D eigenvalue weighted by atomic mass is 35.5. The van der Waals surface area contributed by atoms with Crippen molar-refractivity contribution in [2.24, 2.45) is 0 Å². The molecule has 1 N–H and O–H groups in total. The molecule has 1 amide bonds. The highest BCUT2D eigenvalue weighted by Crippen LogP contribution is 2.22. The van der Waals surface area contributed by atoms with Crippen molar-refractivity contribution in [3.63, 3.8) is 0 Å². The third-order valence-corrected chi connectivity index (χ3v) is 3.57. The predicted molar refractivity (Wildman–Crippen MR) is 93.4 cm³/mol. The van der Waals surface area contributed by atoms with Crippen molar-refractivity contribution in [3.8, 4) is 0 Å². The summed E-state index contributed by atoms with van der Waals surface area (Å²) in [6, 6.07) is 13.0. The lowest BCUT2D eigenvalue weighted by Crippen LogP contribution is -2.08. The Morgan fingerprint density at radius 1 is 1.17 bits per heavy atom. The number of hydrogen-bond acceptors (Lipinski definition) is 3. The molecule has 0 saturated carbocycles. The molecule has 0 aliphatic heterocycles. The van der Waals surface area contributed by atoms with Gasteiger partial charge in [0.25, 0.3) is 0 Å². The fraction of sp³-hybridized carbons (Fsp3) is 0.0556. The zero-order chi connectivity index (χ0) is 16.2. The molecular formula is C18H14ClN3O. The molecule has 5 heteroatoms. The van der Waals surface area contributed by atoms with E-state index >= 15 is 0 Å². The van der Waals surface area contributed by atoms with Crippen molar-refractivity contribution >= 4 is 40.3 Å². The molecule has 114 valence electrons. The Balaban J connectivity index is 1.74. The van der Waals surface area contributed by atoms with Crippen molar-refractivity contribution in [2.45, 2.75) is 6.92 Å². The van der Waals surface area contributed by atoms with E-state index in [4.69, 9.17) is 11.6 Å². The molecule has 0 aliphatic carbocycles. The first-order valence-corrected chi connectivity index (χ1v) is 7.46. The molecule has 4 nitrogen and oxygen atoms in total. The Morgan fingerprint density at radius 2 is 1.96 bits per heavy atom. The van der Waals surface area contributed by atoms with Gasteiger partial charge in [0, 0.05) is 6.08 Å². The summed E-state index contributed by atoms with van der Waals surface area (Å²) in [5.74, 6) is -0.272. The Labute approximate surface area is 138 Å². The van der Waals surface area contributed by atoms with E-state index in [-0.39, 0.29) is 5.91 Å². The van der Waals surface area contributed by atoms with E-state index in [0.717, 1.165) is 16.6 Å². The highest BCUT2D eigenvalue weighted by Gasteiger charge is 2.03. The summed E-state index contributed by atoms with van der Waals surface area (Å²) in [5.41, 5.74) is 3.84. The van der Waals surface area contributed by atoms with Crippen LogP contribution in [-0.4, -0.2) is 15.9 Å². The second kappa shape index (κ2) is 6.58. The molecule has 0 radical (unpaired) electrons. The lowest BCUT2D eigenvalue weighted by atomic mass is 10.2. The quantitative estimate of drug-likeness (QED) is 0.733. The Hall–Kier alpha value is -2.72. The Morgan fingerprint density at radius 3 is 2.74 bits per heavy atom. The Bertz CT molecular complexity index is 906. The van der Waals surface area contributed by atoms with Gasteiger partial charge in [-0.15, -0.1) is 0 Å². The van der Waals surface area contributed by atoms with E-state index in [1.165, 1.54) is 6.08 Å². The van der Waals surface area contributed by atoms with Crippen LogP contribution >= 0.6 is 11.6 Å². The van der Waals surface area contributed by atoms with Crippen LogP contribution in [0.1, 0.15) is 11.3 Å². The van der Waals surface area contributed by atoms with Gasteiger partial charge in [-0.1, -0.05) is 29.8 Å². The smallest absolute Gasteiger partial charge is 0.248 e. The van der Waals surface area contributed by atoms with Crippen molar-refractivity contribution in [2.75, 3.05) is 5.32 Å². The minimum atomic E-state index is -0.272. The summed E-state index contributed by atoms with van der Waals surface area (Å²) in [5, 5.41) is 3.25. The standard InChI is InChI=1S/C18H14ClN3O/c1-12-6-8-15(14(19)10-12)22-18(23)9-7-13-11-20-16-4-2-3-5-17(16)21-13/h2-11H,1H3,(H,22,23)/b9-7+. The Kier molecular flexibility index (Phi) is 4.35. The number of para-hydroxylation sites is 2. The molecule has 0 aliphatic rings. The van der Waals surface area contributed by atoms with Gasteiger partial charge in [0.15, 0.2) is 0 Å². The number of hydrogen-bond donors (Lipinski definition) is 1. The summed E-state index contributed by atoms with van der Waals surface area (Å²) in [6.45, 7) is 1.94. The fourth-order valence-electron chi connectivity index (χ4n) is 2.11. The monoisotopic (exact) mass is 323 g/mol. The van der Waals surface area contributed by atoms with E-state index in [1.807, 2.05) is 37.3 Å². The summed E-state index contributed by atoms with van der Waals surface area (Å²) in [6.07, 6.45) is 4.66. The first-order valence-electron chi connectivity index (χ1n) is 7.09. The van der Waals surface area contributed by atoms with Gasteiger partial charge in [-0.3, -0.25) is 9.78 Å². The van der Waals surface area contributed by atoms with Gasteiger partial charge in [0.1, 0.15) is 0 Å². The molecule has 0 bridgehead atoms. The maximum Gasteiger partial charge on any atom is 0.248 e. The summed E-state index contributed by atoms with van der Waals surface area (Å²) < 4.78 is 0. The lowest BCUT2D eigenvalue weighted by molar-refractivity contribution is -0.111. The molecule has 2 aromatic carbocycles. The van der Waals surface area contributed by atoms with Crippen LogP contribution in [-0.2, 0) is 4.79 Å². The van der Waals surface area contributed by atoms with E-state index in [0.29, 0.717) is 16.4 Å². The summed E-state index contributed by atoms with van der Waals surface area (Å²) in [4.78, 5) is 20.7. The average Bonchev–Trinajstić information content (AvgIpc) is 2.55. The molecule has 1 aromatic heterocycles. The van der Waals surface area contributed by atoms with E-state index < -0.39 is 0 Å². The van der Waals surface area contributed by atoms with Gasteiger partial charge in [-0.2, -0.15) is 0 Å². The normalized spacial score (nSPS) is 11.0. The third kappa shape index (κ3) is 3.73. The largest absolute Gasteiger partial charge is 0.321 e. The molecule has 3 rings (SSSR count). The van der Waals surface area contributed by atoms with Crippen molar-refractivity contribution in [3.05, 3.63) is 71.0 Å². The number of aromatic nitrogens is 2. The molecule has 3 aromatic rings. The molecule has 0 saturated heterocycles. The van der Waals surface area contributed by atoms with Gasteiger partial charge in [0.05, 0.1) is 33.6 Å². The maximum atomic E-state index is 12.0. The number of fused-ring (bicyclic) bond motifs is 1. The second-order valence-electron chi connectivity index (χ2n) is 5.09. The third-order valence-electron chi connectivity index (χ3n) is 3.26. The van der Waals surface area contributed by atoms with E-state index in [2.05, 4.69) is 15.3 Å². The zero-order valence-corrected chi connectivity index (χ0v) is 13.2. The first kappa shape index (κ1) is 15.2. The van der Waals surface area contributed by atoms with Crippen LogP contribution < -0.4 is 5.32 Å². The minimum Gasteiger partial charge on any atom is -0.321 e. The number of aryl methyl sites for hydroxylation is 1. The molecule has 0 spiro atoms. The topological polar surface area (TPSA) is 54.9 Å². The number of benzene rings is 2. The van der Waals surface area contributed by atoms with Gasteiger partial charge in [-0.25, -0.2) is 4.98 Å². The van der Waals surface area contributed by atoms with Crippen molar-refractivity contribution in [1.82, 2.24) is 9.97 Å². The van der Waals surface area contributed by atoms with E-state index in [9.17, 15) is 4.79 Å². The van der Waals surface area contributed by atoms with Crippen molar-refractivity contribution < 1.29 is 4.79 Å². The number of carbonyl (C=O) groups excluding carboxylic acids is 1. The number of nitrogens with one attached hydrogen (secondary N) is 1. The van der Waals surface area contributed by atoms with Crippen LogP contribution in [0.5, 0.6) is 0 Å². The first-order chi connectivity index (χ1) is 11.1. The molecule has 23 heavy (non-hydrogen) atoms. The van der Waals surface area contributed by atoms with Gasteiger partial charge >= 0.3 is 0 Å². The number of rotatable bonds is 3. The number of halogens is 1.